The van der Waals surface area contributed by atoms with E-state index in [0.717, 1.165) is 25.2 Å². The van der Waals surface area contributed by atoms with Crippen molar-refractivity contribution in [2.24, 2.45) is 11.8 Å². The van der Waals surface area contributed by atoms with Gasteiger partial charge in [0.05, 0.1) is 30.1 Å². The lowest BCUT2D eigenvalue weighted by Crippen LogP contribution is -2.56. The topological polar surface area (TPSA) is 111 Å². The average molecular weight is 529 g/mol. The second-order valence-corrected chi connectivity index (χ2v) is 10.8. The molecule has 6 atom stereocenters. The van der Waals surface area contributed by atoms with Crippen LogP contribution in [0.2, 0.25) is 0 Å². The number of rotatable bonds is 12. The number of hydrogen-bond donors (Lipinski definition) is 3. The lowest BCUT2D eigenvalue weighted by molar-refractivity contribution is -0.149. The zero-order chi connectivity index (χ0) is 27.7. The molecule has 1 aromatic carbocycles. The van der Waals surface area contributed by atoms with Gasteiger partial charge in [0.1, 0.15) is 11.6 Å². The molecule has 0 radical (unpaired) electrons. The van der Waals surface area contributed by atoms with E-state index in [1.54, 1.807) is 0 Å². The van der Waals surface area contributed by atoms with Crippen molar-refractivity contribution >= 4 is 29.1 Å². The fraction of sp³-hybridized carbons (Fsp3) is 0.690. The number of fused-ring (bicyclic) bond motifs is 1. The van der Waals surface area contributed by atoms with Gasteiger partial charge in [-0.2, -0.15) is 0 Å². The maximum Gasteiger partial charge on any atom is 0.250 e. The van der Waals surface area contributed by atoms with E-state index in [-0.39, 0.29) is 24.3 Å². The van der Waals surface area contributed by atoms with Gasteiger partial charge in [-0.05, 0) is 70.2 Å². The summed E-state index contributed by atoms with van der Waals surface area (Å²) in [6, 6.07) is 6.21. The lowest BCUT2D eigenvalue weighted by atomic mass is 9.65. The molecule has 210 valence electrons. The highest BCUT2D eigenvalue weighted by atomic mass is 16.5. The van der Waals surface area contributed by atoms with Crippen molar-refractivity contribution < 1.29 is 24.2 Å². The molecule has 3 aliphatic rings. The van der Waals surface area contributed by atoms with Gasteiger partial charge in [0.2, 0.25) is 17.7 Å². The Hall–Kier alpha value is -2.65. The number of aliphatic hydroxyl groups is 1. The molecule has 1 spiro atoms. The molecule has 0 aliphatic carbocycles. The largest absolute Gasteiger partial charge is 0.394 e. The maximum absolute atomic E-state index is 14.1. The Labute approximate surface area is 226 Å². The second kappa shape index (κ2) is 11.2. The van der Waals surface area contributed by atoms with Crippen LogP contribution >= 0.6 is 0 Å². The number of amides is 3. The van der Waals surface area contributed by atoms with Gasteiger partial charge in [0.25, 0.3) is 0 Å². The Kier molecular flexibility index (Phi) is 8.37. The molecule has 3 fully saturated rings. The fourth-order valence-corrected chi connectivity index (χ4v) is 7.07. The molecule has 3 saturated heterocycles. The summed E-state index contributed by atoms with van der Waals surface area (Å²) in [5.74, 6) is -2.21. The van der Waals surface area contributed by atoms with Gasteiger partial charge < -0.3 is 30.3 Å². The third kappa shape index (κ3) is 4.37. The van der Waals surface area contributed by atoms with Gasteiger partial charge in [-0.25, -0.2) is 0 Å². The summed E-state index contributed by atoms with van der Waals surface area (Å²) in [4.78, 5) is 45.3. The molecule has 38 heavy (non-hydrogen) atoms. The number of hydrogen-bond acceptors (Lipinski definition) is 6. The summed E-state index contributed by atoms with van der Waals surface area (Å²) in [5.41, 5.74) is -0.172. The summed E-state index contributed by atoms with van der Waals surface area (Å²) < 4.78 is 6.75. The number of carbonyl (C=O) groups is 3. The molecule has 4 rings (SSSR count). The zero-order valence-corrected chi connectivity index (χ0v) is 23.5. The lowest BCUT2D eigenvalue weighted by Gasteiger charge is -2.37. The summed E-state index contributed by atoms with van der Waals surface area (Å²) in [7, 11) is 0. The highest BCUT2D eigenvalue weighted by molar-refractivity contribution is 6.04. The SMILES string of the molecule is CCCNC(=O)[C@H]1[C@H]2C(=O)N([C@@H](CC)CO)C(C(=O)Nc3ccc(N(CC)CC)cc3)C23CC[C@]1(CC)O3. The number of nitrogens with zero attached hydrogens (tertiary/aromatic N) is 2. The van der Waals surface area contributed by atoms with Crippen LogP contribution in [0.4, 0.5) is 11.4 Å². The molecule has 1 aromatic rings. The predicted octanol–water partition coefficient (Wildman–Crippen LogP) is 2.92. The Balaban J connectivity index is 1.70. The highest BCUT2D eigenvalue weighted by Crippen LogP contribution is 2.64. The first-order valence-electron chi connectivity index (χ1n) is 14.3. The summed E-state index contributed by atoms with van der Waals surface area (Å²) in [5, 5.41) is 16.2. The van der Waals surface area contributed by atoms with Crippen LogP contribution in [0.15, 0.2) is 24.3 Å². The van der Waals surface area contributed by atoms with E-state index in [1.807, 2.05) is 45.0 Å². The molecule has 3 heterocycles. The van der Waals surface area contributed by atoms with Gasteiger partial charge in [0, 0.05) is 31.0 Å². The Morgan fingerprint density at radius 2 is 1.79 bits per heavy atom. The third-order valence-electron chi connectivity index (χ3n) is 9.04. The van der Waals surface area contributed by atoms with E-state index < -0.39 is 35.1 Å². The zero-order valence-electron chi connectivity index (χ0n) is 23.5. The third-order valence-corrected chi connectivity index (χ3v) is 9.04. The number of carbonyl (C=O) groups excluding carboxylic acids is 3. The van der Waals surface area contributed by atoms with Gasteiger partial charge >= 0.3 is 0 Å². The number of benzene rings is 1. The molecule has 3 amide bonds. The van der Waals surface area contributed by atoms with E-state index in [4.69, 9.17) is 4.74 Å². The minimum Gasteiger partial charge on any atom is -0.394 e. The van der Waals surface area contributed by atoms with Gasteiger partial charge in [-0.15, -0.1) is 0 Å². The van der Waals surface area contributed by atoms with E-state index in [1.165, 1.54) is 4.90 Å². The number of aliphatic hydroxyl groups excluding tert-OH is 1. The van der Waals surface area contributed by atoms with Gasteiger partial charge in [0.15, 0.2) is 0 Å². The molecular formula is C29H44N4O5. The molecule has 0 saturated carbocycles. The summed E-state index contributed by atoms with van der Waals surface area (Å²) in [6.45, 7) is 12.1. The van der Waals surface area contributed by atoms with Crippen LogP contribution in [0, 0.1) is 11.8 Å². The molecule has 9 nitrogen and oxygen atoms in total. The standard InChI is InChI=1S/C29H44N4O5/c1-6-17-30-25(35)22-23-27(37)33(20(7-2)18-34)24(29(23)16-15-28(22,8-3)38-29)26(36)31-19-11-13-21(14-12-19)32(9-4)10-5/h11-14,20,22-24,34H,6-10,15-18H2,1-5H3,(H,30,35)(H,31,36)/t20-,22+,23-,24?,28-,29?/m0/s1. The first-order chi connectivity index (χ1) is 18.3. The van der Waals surface area contributed by atoms with E-state index >= 15 is 0 Å². The Morgan fingerprint density at radius 1 is 1.11 bits per heavy atom. The molecule has 3 aliphatic heterocycles. The first kappa shape index (κ1) is 28.4. The molecule has 9 heteroatoms. The van der Waals surface area contributed by atoms with Crippen LogP contribution in [-0.4, -0.2) is 77.3 Å². The molecular weight excluding hydrogens is 484 g/mol. The van der Waals surface area contributed by atoms with Crippen molar-refractivity contribution in [2.45, 2.75) is 90.0 Å². The number of ether oxygens (including phenoxy) is 1. The molecule has 2 bridgehead atoms. The predicted molar refractivity (Wildman–Crippen MR) is 147 cm³/mol. The van der Waals surface area contributed by atoms with Crippen molar-refractivity contribution in [1.29, 1.82) is 0 Å². The minimum absolute atomic E-state index is 0.182. The van der Waals surface area contributed by atoms with Crippen molar-refractivity contribution in [3.05, 3.63) is 24.3 Å². The minimum atomic E-state index is -1.10. The van der Waals surface area contributed by atoms with Crippen LogP contribution in [0.25, 0.3) is 0 Å². The molecule has 0 aromatic heterocycles. The van der Waals surface area contributed by atoms with E-state index in [9.17, 15) is 19.5 Å². The van der Waals surface area contributed by atoms with Crippen LogP contribution in [0.3, 0.4) is 0 Å². The number of nitrogens with one attached hydrogen (secondary N) is 2. The number of likely N-dealkylation sites (tertiary alicyclic amines) is 1. The first-order valence-corrected chi connectivity index (χ1v) is 14.3. The van der Waals surface area contributed by atoms with Crippen LogP contribution in [0.1, 0.15) is 66.7 Å². The van der Waals surface area contributed by atoms with E-state index in [0.29, 0.717) is 37.9 Å². The monoisotopic (exact) mass is 528 g/mol. The van der Waals surface area contributed by atoms with Crippen LogP contribution < -0.4 is 15.5 Å². The average Bonchev–Trinajstić information content (AvgIpc) is 3.53. The van der Waals surface area contributed by atoms with Crippen molar-refractivity contribution in [1.82, 2.24) is 10.2 Å². The maximum atomic E-state index is 14.1. The van der Waals surface area contributed by atoms with Crippen molar-refractivity contribution in [2.75, 3.05) is 36.5 Å². The van der Waals surface area contributed by atoms with Crippen molar-refractivity contribution in [3.8, 4) is 0 Å². The van der Waals surface area contributed by atoms with Crippen LogP contribution in [0.5, 0.6) is 0 Å². The van der Waals surface area contributed by atoms with Gasteiger partial charge in [-0.1, -0.05) is 20.8 Å². The van der Waals surface area contributed by atoms with Gasteiger partial charge in [-0.3, -0.25) is 14.4 Å². The Morgan fingerprint density at radius 3 is 2.34 bits per heavy atom. The smallest absolute Gasteiger partial charge is 0.250 e. The summed E-state index contributed by atoms with van der Waals surface area (Å²) >= 11 is 0. The quantitative estimate of drug-likeness (QED) is 0.385. The molecule has 2 unspecified atom stereocenters. The highest BCUT2D eigenvalue weighted by Gasteiger charge is 2.79. The van der Waals surface area contributed by atoms with Crippen molar-refractivity contribution in [3.63, 3.8) is 0 Å². The fourth-order valence-electron chi connectivity index (χ4n) is 7.07. The summed E-state index contributed by atoms with van der Waals surface area (Å²) in [6.07, 6.45) is 2.99. The van der Waals surface area contributed by atoms with Crippen LogP contribution in [-0.2, 0) is 19.1 Å². The second-order valence-electron chi connectivity index (χ2n) is 10.8. The van der Waals surface area contributed by atoms with E-state index in [2.05, 4.69) is 29.4 Å². The number of anilines is 2. The molecule has 3 N–H and O–H groups in total. The normalized spacial score (nSPS) is 30.3. The Bertz CT molecular complexity index is 1020.